The van der Waals surface area contributed by atoms with Gasteiger partial charge in [-0.1, -0.05) is 6.07 Å². The predicted octanol–water partition coefficient (Wildman–Crippen LogP) is 1.18. The summed E-state index contributed by atoms with van der Waals surface area (Å²) in [5.74, 6) is -1.30. The van der Waals surface area contributed by atoms with Gasteiger partial charge in [-0.3, -0.25) is 10.1 Å². The molecule has 3 heterocycles. The summed E-state index contributed by atoms with van der Waals surface area (Å²) < 4.78 is 10.7. The number of carbonyl (C=O) groups excluding carboxylic acids is 2. The van der Waals surface area contributed by atoms with Gasteiger partial charge in [0, 0.05) is 4.88 Å². The number of urea groups is 1. The first-order valence-corrected chi connectivity index (χ1v) is 7.71. The molecule has 3 aromatic heterocycles. The molecule has 0 atom stereocenters. The Morgan fingerprint density at radius 2 is 2.17 bits per heavy atom. The van der Waals surface area contributed by atoms with Crippen molar-refractivity contribution in [3.05, 3.63) is 51.3 Å². The molecule has 0 aromatic carbocycles. The van der Waals surface area contributed by atoms with Crippen LogP contribution in [0.5, 0.6) is 0 Å². The molecular formula is C14H12N4O5S. The molecule has 0 radical (unpaired) electrons. The summed E-state index contributed by atoms with van der Waals surface area (Å²) in [6.07, 6.45) is 1.40. The maximum atomic E-state index is 11.8. The van der Waals surface area contributed by atoms with Gasteiger partial charge < -0.3 is 14.2 Å². The van der Waals surface area contributed by atoms with Crippen LogP contribution in [-0.4, -0.2) is 21.7 Å². The van der Waals surface area contributed by atoms with E-state index in [-0.39, 0.29) is 11.7 Å². The smallest absolute Gasteiger partial charge is 0.437 e. The largest absolute Gasteiger partial charge is 0.459 e. The molecule has 9 nitrogen and oxygen atoms in total. The Hall–Kier alpha value is -3.14. The van der Waals surface area contributed by atoms with E-state index < -0.39 is 24.2 Å². The Morgan fingerprint density at radius 3 is 2.88 bits per heavy atom. The van der Waals surface area contributed by atoms with Crippen molar-refractivity contribution in [3.8, 4) is 11.7 Å². The molecule has 0 saturated carbocycles. The highest BCUT2D eigenvalue weighted by Gasteiger charge is 2.16. The number of hydrogen-bond acceptors (Lipinski definition) is 7. The van der Waals surface area contributed by atoms with Gasteiger partial charge in [-0.05, 0) is 23.6 Å². The van der Waals surface area contributed by atoms with Crippen molar-refractivity contribution < 1.29 is 18.4 Å². The van der Waals surface area contributed by atoms with E-state index in [0.717, 1.165) is 9.56 Å². The molecule has 10 heteroatoms. The average Bonchev–Trinajstić information content (AvgIpc) is 3.27. The van der Waals surface area contributed by atoms with Gasteiger partial charge >= 0.3 is 11.8 Å². The summed E-state index contributed by atoms with van der Waals surface area (Å²) in [6, 6.07) is 6.24. The Labute approximate surface area is 138 Å². The normalized spacial score (nSPS) is 10.5. The summed E-state index contributed by atoms with van der Waals surface area (Å²) in [5, 5.41) is 10.4. The molecule has 0 fully saturated rings. The lowest BCUT2D eigenvalue weighted by Gasteiger charge is -2.04. The first kappa shape index (κ1) is 15.7. The number of imide groups is 1. The molecule has 0 spiro atoms. The Balaban J connectivity index is 1.55. The van der Waals surface area contributed by atoms with E-state index in [4.69, 9.17) is 8.83 Å². The predicted molar refractivity (Wildman–Crippen MR) is 83.2 cm³/mol. The van der Waals surface area contributed by atoms with Crippen LogP contribution in [0.2, 0.25) is 0 Å². The molecule has 3 amide bonds. The highest BCUT2D eigenvalue weighted by atomic mass is 32.1. The Bertz CT molecular complexity index is 879. The maximum absolute atomic E-state index is 11.8. The van der Waals surface area contributed by atoms with Crippen LogP contribution < -0.4 is 16.4 Å². The number of hydrogen-bond donors (Lipinski definition) is 2. The van der Waals surface area contributed by atoms with Crippen molar-refractivity contribution in [2.45, 2.75) is 13.1 Å². The zero-order chi connectivity index (χ0) is 16.9. The minimum absolute atomic E-state index is 0.0417. The highest BCUT2D eigenvalue weighted by Crippen LogP contribution is 2.14. The average molecular weight is 348 g/mol. The highest BCUT2D eigenvalue weighted by molar-refractivity contribution is 7.09. The van der Waals surface area contributed by atoms with Crippen LogP contribution in [0, 0.1) is 0 Å². The Kier molecular flexibility index (Phi) is 4.57. The lowest BCUT2D eigenvalue weighted by Crippen LogP contribution is -2.41. The fourth-order valence-corrected chi connectivity index (χ4v) is 2.48. The number of nitrogens with one attached hydrogen (secondary N) is 2. The zero-order valence-corrected chi connectivity index (χ0v) is 13.0. The molecular weight excluding hydrogens is 336 g/mol. The van der Waals surface area contributed by atoms with Crippen LogP contribution in [0.25, 0.3) is 11.7 Å². The number of furan rings is 1. The number of aromatic nitrogens is 2. The summed E-state index contributed by atoms with van der Waals surface area (Å²) in [6.45, 7) is -0.140. The second-order valence-electron chi connectivity index (χ2n) is 4.62. The van der Waals surface area contributed by atoms with Gasteiger partial charge in [-0.2, -0.15) is 4.68 Å². The van der Waals surface area contributed by atoms with Gasteiger partial charge in [0.2, 0.25) is 5.91 Å². The van der Waals surface area contributed by atoms with E-state index in [1.807, 2.05) is 17.5 Å². The molecule has 0 bridgehead atoms. The van der Waals surface area contributed by atoms with E-state index in [9.17, 15) is 14.4 Å². The van der Waals surface area contributed by atoms with Gasteiger partial charge in [0.05, 0.1) is 12.8 Å². The van der Waals surface area contributed by atoms with Crippen molar-refractivity contribution >= 4 is 23.3 Å². The second kappa shape index (κ2) is 6.96. The van der Waals surface area contributed by atoms with E-state index in [2.05, 4.69) is 15.7 Å². The molecule has 3 rings (SSSR count). The van der Waals surface area contributed by atoms with Crippen LogP contribution in [0.3, 0.4) is 0 Å². The van der Waals surface area contributed by atoms with Crippen LogP contribution in [-0.2, 0) is 17.9 Å². The maximum Gasteiger partial charge on any atom is 0.437 e. The van der Waals surface area contributed by atoms with Crippen LogP contribution >= 0.6 is 11.3 Å². The molecule has 24 heavy (non-hydrogen) atoms. The summed E-state index contributed by atoms with van der Waals surface area (Å²) in [4.78, 5) is 36.0. The third-order valence-electron chi connectivity index (χ3n) is 2.89. The van der Waals surface area contributed by atoms with Gasteiger partial charge in [0.1, 0.15) is 6.54 Å². The van der Waals surface area contributed by atoms with Gasteiger partial charge in [0.15, 0.2) is 5.76 Å². The molecule has 0 aliphatic rings. The standard InChI is InChI=1S/C14H12N4O5S/c19-11(16-13(20)15-7-9-3-2-6-24-9)8-18-14(21)23-12(17-18)10-4-1-5-22-10/h1-6H,7-8H2,(H2,15,16,19,20). The lowest BCUT2D eigenvalue weighted by molar-refractivity contribution is -0.120. The summed E-state index contributed by atoms with van der Waals surface area (Å²) >= 11 is 1.49. The fraction of sp³-hybridized carbons (Fsp3) is 0.143. The number of amides is 3. The molecule has 0 saturated heterocycles. The fourth-order valence-electron chi connectivity index (χ4n) is 1.83. The quantitative estimate of drug-likeness (QED) is 0.714. The summed E-state index contributed by atoms with van der Waals surface area (Å²) in [5.41, 5.74) is 0. The number of thiophene rings is 1. The topological polar surface area (TPSA) is 119 Å². The number of rotatable bonds is 5. The summed E-state index contributed by atoms with van der Waals surface area (Å²) in [7, 11) is 0. The number of carbonyl (C=O) groups is 2. The van der Waals surface area contributed by atoms with Crippen molar-refractivity contribution in [2.24, 2.45) is 0 Å². The van der Waals surface area contributed by atoms with Crippen molar-refractivity contribution in [1.29, 1.82) is 0 Å². The van der Waals surface area contributed by atoms with E-state index in [1.54, 1.807) is 12.1 Å². The molecule has 0 aliphatic carbocycles. The molecule has 124 valence electrons. The second-order valence-corrected chi connectivity index (χ2v) is 5.65. The van der Waals surface area contributed by atoms with Crippen LogP contribution in [0.1, 0.15) is 4.88 Å². The van der Waals surface area contributed by atoms with E-state index >= 15 is 0 Å². The Morgan fingerprint density at radius 1 is 1.29 bits per heavy atom. The van der Waals surface area contributed by atoms with Crippen LogP contribution in [0.4, 0.5) is 4.79 Å². The first-order chi connectivity index (χ1) is 11.6. The van der Waals surface area contributed by atoms with Gasteiger partial charge in [-0.15, -0.1) is 16.4 Å². The zero-order valence-electron chi connectivity index (χ0n) is 12.2. The first-order valence-electron chi connectivity index (χ1n) is 6.84. The lowest BCUT2D eigenvalue weighted by atomic mass is 10.4. The minimum atomic E-state index is -0.824. The monoisotopic (exact) mass is 348 g/mol. The van der Waals surface area contributed by atoms with Gasteiger partial charge in [0.25, 0.3) is 5.89 Å². The van der Waals surface area contributed by atoms with Gasteiger partial charge in [-0.25, -0.2) is 9.59 Å². The molecule has 3 aromatic rings. The van der Waals surface area contributed by atoms with Crippen LogP contribution in [0.15, 0.2) is 49.5 Å². The van der Waals surface area contributed by atoms with Crippen molar-refractivity contribution in [2.75, 3.05) is 0 Å². The third kappa shape index (κ3) is 3.79. The SMILES string of the molecule is O=C(Cn1nc(-c2ccco2)oc1=O)NC(=O)NCc1cccs1. The molecule has 2 N–H and O–H groups in total. The number of nitrogens with zero attached hydrogens (tertiary/aromatic N) is 2. The van der Waals surface area contributed by atoms with E-state index in [1.165, 1.54) is 17.6 Å². The molecule has 0 aliphatic heterocycles. The van der Waals surface area contributed by atoms with E-state index in [0.29, 0.717) is 6.54 Å². The minimum Gasteiger partial charge on any atom is -0.459 e. The molecule has 0 unspecified atom stereocenters. The van der Waals surface area contributed by atoms with Crippen molar-refractivity contribution in [3.63, 3.8) is 0 Å². The third-order valence-corrected chi connectivity index (χ3v) is 3.76. The van der Waals surface area contributed by atoms with Crippen molar-refractivity contribution in [1.82, 2.24) is 20.4 Å².